The van der Waals surface area contributed by atoms with Crippen molar-refractivity contribution in [2.24, 2.45) is 5.73 Å². The third-order valence-electron chi connectivity index (χ3n) is 1.86. The molecule has 1 aromatic rings. The molecule has 4 N–H and O–H groups in total. The van der Waals surface area contributed by atoms with Crippen molar-refractivity contribution < 1.29 is 4.74 Å². The van der Waals surface area contributed by atoms with E-state index in [-0.39, 0.29) is 6.42 Å². The van der Waals surface area contributed by atoms with Crippen LogP contribution in [0, 0.1) is 11.3 Å². The molecule has 1 atom stereocenters. The molecule has 0 saturated carbocycles. The average Bonchev–Trinajstić information content (AvgIpc) is 2.17. The van der Waals surface area contributed by atoms with E-state index in [4.69, 9.17) is 21.5 Å². The zero-order chi connectivity index (χ0) is 10.6. The number of hydrogen-bond donors (Lipinski definition) is 2. The number of methoxy groups -OCH3 is 1. The van der Waals surface area contributed by atoms with Crippen LogP contribution in [-0.2, 0) is 0 Å². The number of nitrogens with zero attached hydrogens (tertiary/aromatic N) is 2. The molecular weight excluding hydrogens is 180 g/mol. The first-order chi connectivity index (χ1) is 6.70. The van der Waals surface area contributed by atoms with Crippen LogP contribution in [-0.4, -0.2) is 12.1 Å². The lowest BCUT2D eigenvalue weighted by molar-refractivity contribution is 0.389. The van der Waals surface area contributed by atoms with Crippen LogP contribution in [0.4, 0.5) is 5.69 Å². The molecular formula is C9H12N4O. The van der Waals surface area contributed by atoms with E-state index in [9.17, 15) is 0 Å². The molecule has 5 nitrogen and oxygen atoms in total. The molecule has 1 rings (SSSR count). The number of rotatable bonds is 3. The summed E-state index contributed by atoms with van der Waals surface area (Å²) >= 11 is 0. The van der Waals surface area contributed by atoms with Crippen molar-refractivity contribution in [3.05, 3.63) is 17.8 Å². The monoisotopic (exact) mass is 192 g/mol. The molecule has 0 aliphatic rings. The largest absolute Gasteiger partial charge is 0.481 e. The van der Waals surface area contributed by atoms with E-state index in [0.29, 0.717) is 17.1 Å². The lowest BCUT2D eigenvalue weighted by atomic mass is 10.1. The third-order valence-corrected chi connectivity index (χ3v) is 1.86. The molecule has 0 aromatic carbocycles. The van der Waals surface area contributed by atoms with Gasteiger partial charge in [-0.1, -0.05) is 0 Å². The molecule has 0 aliphatic carbocycles. The van der Waals surface area contributed by atoms with Gasteiger partial charge in [-0.15, -0.1) is 0 Å². The Labute approximate surface area is 82.3 Å². The fourth-order valence-electron chi connectivity index (χ4n) is 1.20. The Morgan fingerprint density at radius 1 is 1.71 bits per heavy atom. The number of hydrogen-bond acceptors (Lipinski definition) is 5. The van der Waals surface area contributed by atoms with Gasteiger partial charge in [0.15, 0.2) is 0 Å². The minimum Gasteiger partial charge on any atom is -0.481 e. The number of ether oxygens (including phenoxy) is 1. The third kappa shape index (κ3) is 1.92. The second kappa shape index (κ2) is 4.44. The van der Waals surface area contributed by atoms with Crippen LogP contribution in [0.3, 0.4) is 0 Å². The minimum absolute atomic E-state index is 0.187. The standard InChI is InChI=1S/C9H12N4O/c1-14-9-8(6(11)2-4-10)7(12)3-5-13-9/h3,5-6H,2,11H2,1H3,(H2,12,13). The van der Waals surface area contributed by atoms with Crippen molar-refractivity contribution >= 4 is 5.69 Å². The number of nitrogen functional groups attached to an aromatic ring is 1. The molecule has 0 amide bonds. The maximum atomic E-state index is 8.52. The van der Waals surface area contributed by atoms with Crippen LogP contribution in [0.25, 0.3) is 0 Å². The summed E-state index contributed by atoms with van der Waals surface area (Å²) in [5, 5.41) is 8.52. The SMILES string of the molecule is COc1nccc(N)c1C(N)CC#N. The second-order valence-corrected chi connectivity index (χ2v) is 2.79. The summed E-state index contributed by atoms with van der Waals surface area (Å²) in [5.74, 6) is 0.382. The quantitative estimate of drug-likeness (QED) is 0.730. The van der Waals surface area contributed by atoms with Crippen molar-refractivity contribution in [2.45, 2.75) is 12.5 Å². The summed E-state index contributed by atoms with van der Waals surface area (Å²) in [5.41, 5.74) is 12.6. The molecule has 0 fully saturated rings. The Balaban J connectivity index is 3.11. The number of nitriles is 1. The lowest BCUT2D eigenvalue weighted by Crippen LogP contribution is -2.13. The van der Waals surface area contributed by atoms with Gasteiger partial charge in [0.2, 0.25) is 5.88 Å². The predicted molar refractivity (Wildman–Crippen MR) is 52.4 cm³/mol. The van der Waals surface area contributed by atoms with E-state index in [1.807, 2.05) is 6.07 Å². The Bertz CT molecular complexity index is 358. The molecule has 0 saturated heterocycles. The lowest BCUT2D eigenvalue weighted by Gasteiger charge is -2.13. The normalized spacial score (nSPS) is 11.8. The first kappa shape index (κ1) is 10.3. The summed E-state index contributed by atoms with van der Waals surface area (Å²) in [7, 11) is 1.49. The van der Waals surface area contributed by atoms with Crippen LogP contribution < -0.4 is 16.2 Å². The molecule has 14 heavy (non-hydrogen) atoms. The summed E-state index contributed by atoms with van der Waals surface area (Å²) in [6.07, 6.45) is 1.73. The van der Waals surface area contributed by atoms with Crippen LogP contribution in [0.2, 0.25) is 0 Å². The first-order valence-corrected chi connectivity index (χ1v) is 4.11. The Morgan fingerprint density at radius 3 is 3.00 bits per heavy atom. The Morgan fingerprint density at radius 2 is 2.43 bits per heavy atom. The zero-order valence-electron chi connectivity index (χ0n) is 7.90. The van der Waals surface area contributed by atoms with Gasteiger partial charge in [0.25, 0.3) is 0 Å². The zero-order valence-corrected chi connectivity index (χ0v) is 7.90. The molecule has 0 bridgehead atoms. The summed E-state index contributed by atoms with van der Waals surface area (Å²) in [6, 6.07) is 3.16. The maximum absolute atomic E-state index is 8.52. The average molecular weight is 192 g/mol. The fourth-order valence-corrected chi connectivity index (χ4v) is 1.20. The van der Waals surface area contributed by atoms with E-state index < -0.39 is 6.04 Å². The summed E-state index contributed by atoms with van der Waals surface area (Å²) in [4.78, 5) is 3.97. The summed E-state index contributed by atoms with van der Waals surface area (Å²) in [6.45, 7) is 0. The molecule has 0 spiro atoms. The number of anilines is 1. The summed E-state index contributed by atoms with van der Waals surface area (Å²) < 4.78 is 5.01. The van der Waals surface area contributed by atoms with E-state index in [0.717, 1.165) is 0 Å². The van der Waals surface area contributed by atoms with Crippen LogP contribution in [0.5, 0.6) is 5.88 Å². The predicted octanol–water partition coefficient (Wildman–Crippen LogP) is 0.586. The van der Waals surface area contributed by atoms with Crippen molar-refractivity contribution in [3.8, 4) is 11.9 Å². The van der Waals surface area contributed by atoms with Gasteiger partial charge in [-0.3, -0.25) is 0 Å². The molecule has 74 valence electrons. The molecule has 0 aliphatic heterocycles. The van der Waals surface area contributed by atoms with Crippen molar-refractivity contribution in [3.63, 3.8) is 0 Å². The van der Waals surface area contributed by atoms with Gasteiger partial charge in [0.1, 0.15) is 0 Å². The highest BCUT2D eigenvalue weighted by molar-refractivity contribution is 5.52. The van der Waals surface area contributed by atoms with E-state index in [2.05, 4.69) is 4.98 Å². The molecule has 5 heteroatoms. The smallest absolute Gasteiger partial charge is 0.219 e. The van der Waals surface area contributed by atoms with Crippen LogP contribution in [0.1, 0.15) is 18.0 Å². The fraction of sp³-hybridized carbons (Fsp3) is 0.333. The van der Waals surface area contributed by atoms with Gasteiger partial charge < -0.3 is 16.2 Å². The second-order valence-electron chi connectivity index (χ2n) is 2.79. The van der Waals surface area contributed by atoms with E-state index in [1.54, 1.807) is 6.07 Å². The van der Waals surface area contributed by atoms with Gasteiger partial charge in [-0.25, -0.2) is 4.98 Å². The van der Waals surface area contributed by atoms with Gasteiger partial charge in [-0.05, 0) is 6.07 Å². The molecule has 0 radical (unpaired) electrons. The van der Waals surface area contributed by atoms with Crippen molar-refractivity contribution in [2.75, 3.05) is 12.8 Å². The van der Waals surface area contributed by atoms with Crippen LogP contribution >= 0.6 is 0 Å². The molecule has 1 heterocycles. The van der Waals surface area contributed by atoms with Gasteiger partial charge in [0, 0.05) is 11.9 Å². The number of nitrogens with two attached hydrogens (primary N) is 2. The number of pyridine rings is 1. The molecule has 1 unspecified atom stereocenters. The highest BCUT2D eigenvalue weighted by Crippen LogP contribution is 2.28. The minimum atomic E-state index is -0.455. The van der Waals surface area contributed by atoms with Crippen molar-refractivity contribution in [1.82, 2.24) is 4.98 Å². The van der Waals surface area contributed by atoms with E-state index >= 15 is 0 Å². The van der Waals surface area contributed by atoms with Crippen LogP contribution in [0.15, 0.2) is 12.3 Å². The Kier molecular flexibility index (Phi) is 3.26. The Hall–Kier alpha value is -1.80. The van der Waals surface area contributed by atoms with E-state index in [1.165, 1.54) is 13.3 Å². The van der Waals surface area contributed by atoms with Gasteiger partial charge >= 0.3 is 0 Å². The van der Waals surface area contributed by atoms with Gasteiger partial charge in [-0.2, -0.15) is 5.26 Å². The number of aromatic nitrogens is 1. The van der Waals surface area contributed by atoms with Gasteiger partial charge in [0.05, 0.1) is 31.2 Å². The maximum Gasteiger partial charge on any atom is 0.219 e. The first-order valence-electron chi connectivity index (χ1n) is 4.11. The topological polar surface area (TPSA) is 97.9 Å². The van der Waals surface area contributed by atoms with Crippen molar-refractivity contribution in [1.29, 1.82) is 5.26 Å². The highest BCUT2D eigenvalue weighted by Gasteiger charge is 2.15. The highest BCUT2D eigenvalue weighted by atomic mass is 16.5. The molecule has 1 aromatic heterocycles.